The molecule has 0 bridgehead atoms. The van der Waals surface area contributed by atoms with Gasteiger partial charge in [0.05, 0.1) is 4.90 Å². The van der Waals surface area contributed by atoms with Gasteiger partial charge in [-0.3, -0.25) is 0 Å². The predicted octanol–water partition coefficient (Wildman–Crippen LogP) is 2.82. The third-order valence-electron chi connectivity index (χ3n) is 4.15. The van der Waals surface area contributed by atoms with E-state index in [1.807, 2.05) is 23.9 Å². The zero-order chi connectivity index (χ0) is 14.9. The Morgan fingerprint density at radius 1 is 1.05 bits per heavy atom. The van der Waals surface area contributed by atoms with E-state index in [1.165, 1.54) is 19.3 Å². The maximum absolute atomic E-state index is 12.1. The van der Waals surface area contributed by atoms with Crippen LogP contribution < -0.4 is 10.0 Å². The summed E-state index contributed by atoms with van der Waals surface area (Å²) in [6, 6.07) is 7.77. The summed E-state index contributed by atoms with van der Waals surface area (Å²) >= 11 is 1.94. The number of benzene rings is 1. The molecule has 0 aliphatic heterocycles. The topological polar surface area (TPSA) is 58.2 Å². The minimum Gasteiger partial charge on any atom is -0.382 e. The molecule has 0 aromatic heterocycles. The summed E-state index contributed by atoms with van der Waals surface area (Å²) in [7, 11) is -3.33. The molecule has 0 heterocycles. The summed E-state index contributed by atoms with van der Waals surface area (Å²) < 4.78 is 26.9. The molecule has 2 atom stereocenters. The van der Waals surface area contributed by atoms with Gasteiger partial charge in [0.1, 0.15) is 0 Å². The van der Waals surface area contributed by atoms with Crippen molar-refractivity contribution in [2.24, 2.45) is 0 Å². The van der Waals surface area contributed by atoms with Crippen LogP contribution in [0.3, 0.4) is 0 Å². The van der Waals surface area contributed by atoms with Crippen molar-refractivity contribution in [3.05, 3.63) is 24.3 Å². The average molecular weight is 326 g/mol. The zero-order valence-corrected chi connectivity index (χ0v) is 13.8. The van der Waals surface area contributed by atoms with Gasteiger partial charge in [-0.2, -0.15) is 11.8 Å². The Labute approximate surface area is 131 Å². The Morgan fingerprint density at radius 2 is 1.71 bits per heavy atom. The van der Waals surface area contributed by atoms with Crippen LogP contribution in [-0.4, -0.2) is 32.0 Å². The van der Waals surface area contributed by atoms with Gasteiger partial charge in [-0.15, -0.1) is 0 Å². The van der Waals surface area contributed by atoms with Gasteiger partial charge in [0, 0.05) is 23.0 Å². The van der Waals surface area contributed by atoms with Crippen molar-refractivity contribution in [1.29, 1.82) is 0 Å². The molecule has 6 heteroatoms. The van der Waals surface area contributed by atoms with E-state index in [1.54, 1.807) is 12.1 Å². The Bertz CT molecular complexity index is 582. The number of thioether (sulfide) groups is 1. The molecule has 3 rings (SSSR count). The van der Waals surface area contributed by atoms with Gasteiger partial charge in [0.25, 0.3) is 0 Å². The summed E-state index contributed by atoms with van der Waals surface area (Å²) in [5.74, 6) is 0. The molecule has 2 aliphatic carbocycles. The number of rotatable bonds is 6. The third-order valence-corrected chi connectivity index (χ3v) is 6.78. The standard InChI is InChI=1S/C15H22N2O2S2/c1-20-14-7-4-13(10-14)16-11-5-8-15(9-6-11)21(18,19)17-12-2-3-12/h5-6,8-9,12-14,16-17H,2-4,7,10H2,1H3. The van der Waals surface area contributed by atoms with Crippen molar-refractivity contribution in [3.63, 3.8) is 0 Å². The van der Waals surface area contributed by atoms with Gasteiger partial charge in [-0.1, -0.05) is 0 Å². The van der Waals surface area contributed by atoms with Crippen LogP contribution in [0.15, 0.2) is 29.2 Å². The molecule has 0 amide bonds. The molecule has 0 saturated heterocycles. The predicted molar refractivity (Wildman–Crippen MR) is 88.4 cm³/mol. The van der Waals surface area contributed by atoms with Crippen molar-refractivity contribution >= 4 is 27.5 Å². The highest BCUT2D eigenvalue weighted by Crippen LogP contribution is 2.30. The van der Waals surface area contributed by atoms with Crippen molar-refractivity contribution < 1.29 is 8.42 Å². The van der Waals surface area contributed by atoms with Gasteiger partial charge in [0.15, 0.2) is 0 Å². The van der Waals surface area contributed by atoms with E-state index in [0.717, 1.165) is 23.8 Å². The van der Waals surface area contributed by atoms with Crippen LogP contribution >= 0.6 is 11.8 Å². The number of hydrogen-bond donors (Lipinski definition) is 2. The second-order valence-corrected chi connectivity index (χ2v) is 8.78. The second-order valence-electron chi connectivity index (χ2n) is 5.93. The molecule has 0 radical (unpaired) electrons. The lowest BCUT2D eigenvalue weighted by atomic mass is 10.2. The molecule has 4 nitrogen and oxygen atoms in total. The highest BCUT2D eigenvalue weighted by Gasteiger charge is 2.28. The molecule has 2 unspecified atom stereocenters. The van der Waals surface area contributed by atoms with Crippen molar-refractivity contribution in [1.82, 2.24) is 4.72 Å². The van der Waals surface area contributed by atoms with E-state index in [2.05, 4.69) is 16.3 Å². The summed E-state index contributed by atoms with van der Waals surface area (Å²) in [6.07, 6.45) is 7.71. The van der Waals surface area contributed by atoms with E-state index in [4.69, 9.17) is 0 Å². The first-order chi connectivity index (χ1) is 10.1. The average Bonchev–Trinajstić information content (AvgIpc) is 3.15. The largest absolute Gasteiger partial charge is 0.382 e. The van der Waals surface area contributed by atoms with E-state index in [0.29, 0.717) is 10.9 Å². The number of sulfonamides is 1. The minimum atomic E-state index is -3.33. The first-order valence-electron chi connectivity index (χ1n) is 7.48. The molecule has 2 aliphatic rings. The van der Waals surface area contributed by atoms with E-state index < -0.39 is 10.0 Å². The Balaban J connectivity index is 1.61. The maximum Gasteiger partial charge on any atom is 0.240 e. The monoisotopic (exact) mass is 326 g/mol. The first kappa shape index (κ1) is 15.2. The lowest BCUT2D eigenvalue weighted by Crippen LogP contribution is -2.25. The number of anilines is 1. The number of nitrogens with one attached hydrogen (secondary N) is 2. The maximum atomic E-state index is 12.1. The molecular weight excluding hydrogens is 304 g/mol. The molecule has 0 spiro atoms. The van der Waals surface area contributed by atoms with Gasteiger partial charge in [-0.25, -0.2) is 13.1 Å². The van der Waals surface area contributed by atoms with Crippen molar-refractivity contribution in [3.8, 4) is 0 Å². The number of hydrogen-bond acceptors (Lipinski definition) is 4. The summed E-state index contributed by atoms with van der Waals surface area (Å²) in [5, 5.41) is 4.26. The third kappa shape index (κ3) is 3.93. The second kappa shape index (κ2) is 6.18. The molecule has 2 saturated carbocycles. The molecular formula is C15H22N2O2S2. The van der Waals surface area contributed by atoms with Crippen LogP contribution in [0.1, 0.15) is 32.1 Å². The summed E-state index contributed by atoms with van der Waals surface area (Å²) in [6.45, 7) is 0. The van der Waals surface area contributed by atoms with Crippen LogP contribution in [0.2, 0.25) is 0 Å². The molecule has 116 valence electrons. The summed E-state index contributed by atoms with van der Waals surface area (Å²) in [4.78, 5) is 0.355. The van der Waals surface area contributed by atoms with Crippen LogP contribution in [0, 0.1) is 0 Å². The normalized spacial score (nSPS) is 26.0. The Kier molecular flexibility index (Phi) is 4.47. The fraction of sp³-hybridized carbons (Fsp3) is 0.600. The van der Waals surface area contributed by atoms with Crippen molar-refractivity contribution in [2.75, 3.05) is 11.6 Å². The lowest BCUT2D eigenvalue weighted by Gasteiger charge is -2.14. The van der Waals surface area contributed by atoms with Gasteiger partial charge in [0.2, 0.25) is 10.0 Å². The highest BCUT2D eigenvalue weighted by molar-refractivity contribution is 7.99. The quantitative estimate of drug-likeness (QED) is 0.844. The fourth-order valence-electron chi connectivity index (χ4n) is 2.74. The molecule has 2 N–H and O–H groups in total. The van der Waals surface area contributed by atoms with Crippen LogP contribution in [0.25, 0.3) is 0 Å². The SMILES string of the molecule is CSC1CCC(Nc2ccc(S(=O)(=O)NC3CC3)cc2)C1. The highest BCUT2D eigenvalue weighted by atomic mass is 32.2. The van der Waals surface area contributed by atoms with Crippen LogP contribution in [0.5, 0.6) is 0 Å². The van der Waals surface area contributed by atoms with E-state index in [9.17, 15) is 8.42 Å². The Morgan fingerprint density at radius 3 is 2.29 bits per heavy atom. The lowest BCUT2D eigenvalue weighted by molar-refractivity contribution is 0.581. The minimum absolute atomic E-state index is 0.148. The van der Waals surface area contributed by atoms with E-state index >= 15 is 0 Å². The van der Waals surface area contributed by atoms with E-state index in [-0.39, 0.29) is 6.04 Å². The summed E-state index contributed by atoms with van der Waals surface area (Å²) in [5.41, 5.74) is 1.01. The van der Waals surface area contributed by atoms with Gasteiger partial charge >= 0.3 is 0 Å². The smallest absolute Gasteiger partial charge is 0.240 e. The molecule has 2 fully saturated rings. The Hall–Kier alpha value is -0.720. The fourth-order valence-corrected chi connectivity index (χ4v) is 4.84. The van der Waals surface area contributed by atoms with Crippen molar-refractivity contribution in [2.45, 2.75) is 54.3 Å². The molecule has 21 heavy (non-hydrogen) atoms. The van der Waals surface area contributed by atoms with Gasteiger partial charge < -0.3 is 5.32 Å². The molecule has 1 aromatic carbocycles. The zero-order valence-electron chi connectivity index (χ0n) is 12.2. The molecule has 1 aromatic rings. The van der Waals surface area contributed by atoms with Crippen LogP contribution in [-0.2, 0) is 10.0 Å². The van der Waals surface area contributed by atoms with Crippen LogP contribution in [0.4, 0.5) is 5.69 Å². The van der Waals surface area contributed by atoms with Gasteiger partial charge in [-0.05, 0) is 62.6 Å². The first-order valence-corrected chi connectivity index (χ1v) is 10.3.